The normalized spacial score (nSPS) is 15.7. The average molecular weight is 267 g/mol. The van der Waals surface area contributed by atoms with Gasteiger partial charge >= 0.3 is 0 Å². The van der Waals surface area contributed by atoms with E-state index in [-0.39, 0.29) is 11.5 Å². The van der Waals surface area contributed by atoms with E-state index in [9.17, 15) is 4.21 Å². The van der Waals surface area contributed by atoms with Gasteiger partial charge in [-0.2, -0.15) is 0 Å². The Morgan fingerprint density at radius 1 is 1.17 bits per heavy atom. The molecular formula is C15H25NOS. The van der Waals surface area contributed by atoms with Crippen LogP contribution in [0.4, 0.5) is 0 Å². The maximum atomic E-state index is 12.2. The first kappa shape index (κ1) is 15.4. The van der Waals surface area contributed by atoms with E-state index >= 15 is 0 Å². The molecule has 1 aromatic rings. The molecule has 0 heterocycles. The van der Waals surface area contributed by atoms with Crippen LogP contribution in [0.5, 0.6) is 0 Å². The molecule has 2 atom stereocenters. The zero-order chi connectivity index (χ0) is 13.9. The Labute approximate surface area is 113 Å². The molecule has 18 heavy (non-hydrogen) atoms. The number of rotatable bonds is 4. The van der Waals surface area contributed by atoms with Gasteiger partial charge in [-0.25, -0.2) is 0 Å². The summed E-state index contributed by atoms with van der Waals surface area (Å²) in [6.07, 6.45) is 0. The second kappa shape index (κ2) is 5.98. The molecule has 0 aliphatic rings. The quantitative estimate of drug-likeness (QED) is 0.909. The SMILES string of the molecule is CC(C)c1ccc(S(=O)CC(N)C(C)(C)C)cc1. The van der Waals surface area contributed by atoms with E-state index in [1.54, 1.807) is 0 Å². The maximum Gasteiger partial charge on any atom is 0.0545 e. The molecule has 102 valence electrons. The second-order valence-electron chi connectivity index (χ2n) is 6.21. The molecule has 0 aliphatic carbocycles. The van der Waals surface area contributed by atoms with Crippen molar-refractivity contribution in [3.05, 3.63) is 29.8 Å². The summed E-state index contributed by atoms with van der Waals surface area (Å²) < 4.78 is 12.2. The van der Waals surface area contributed by atoms with Crippen molar-refractivity contribution in [1.82, 2.24) is 0 Å². The minimum atomic E-state index is -1.01. The van der Waals surface area contributed by atoms with Crippen LogP contribution in [0.3, 0.4) is 0 Å². The Hall–Kier alpha value is -0.670. The lowest BCUT2D eigenvalue weighted by Crippen LogP contribution is -2.39. The molecule has 0 saturated carbocycles. The third kappa shape index (κ3) is 4.21. The summed E-state index contributed by atoms with van der Waals surface area (Å²) in [5.41, 5.74) is 7.34. The molecule has 2 unspecified atom stereocenters. The van der Waals surface area contributed by atoms with Crippen molar-refractivity contribution in [2.45, 2.75) is 51.5 Å². The van der Waals surface area contributed by atoms with Gasteiger partial charge in [-0.1, -0.05) is 46.8 Å². The topological polar surface area (TPSA) is 43.1 Å². The summed E-state index contributed by atoms with van der Waals surface area (Å²) in [6, 6.07) is 7.98. The molecule has 0 radical (unpaired) electrons. The molecule has 0 saturated heterocycles. The fraction of sp³-hybridized carbons (Fsp3) is 0.600. The molecular weight excluding hydrogens is 242 g/mol. The maximum absolute atomic E-state index is 12.2. The predicted molar refractivity (Wildman–Crippen MR) is 79.2 cm³/mol. The van der Waals surface area contributed by atoms with E-state index in [1.807, 2.05) is 12.1 Å². The van der Waals surface area contributed by atoms with Crippen LogP contribution in [0.1, 0.15) is 46.1 Å². The largest absolute Gasteiger partial charge is 0.326 e. The first-order valence-corrected chi connectivity index (χ1v) is 7.77. The van der Waals surface area contributed by atoms with Crippen molar-refractivity contribution in [2.75, 3.05) is 5.75 Å². The summed E-state index contributed by atoms with van der Waals surface area (Å²) in [4.78, 5) is 0.874. The van der Waals surface area contributed by atoms with Crippen molar-refractivity contribution in [2.24, 2.45) is 11.1 Å². The Balaban J connectivity index is 2.73. The van der Waals surface area contributed by atoms with Crippen molar-refractivity contribution in [1.29, 1.82) is 0 Å². The zero-order valence-corrected chi connectivity index (χ0v) is 12.9. The van der Waals surface area contributed by atoms with Crippen molar-refractivity contribution in [3.8, 4) is 0 Å². The zero-order valence-electron chi connectivity index (χ0n) is 12.1. The number of hydrogen-bond acceptors (Lipinski definition) is 2. The summed E-state index contributed by atoms with van der Waals surface area (Å²) in [7, 11) is -1.01. The molecule has 0 amide bonds. The fourth-order valence-electron chi connectivity index (χ4n) is 1.51. The predicted octanol–water partition coefficient (Wildman–Crippen LogP) is 3.29. The Bertz CT molecular complexity index is 403. The van der Waals surface area contributed by atoms with Gasteiger partial charge in [0.2, 0.25) is 0 Å². The van der Waals surface area contributed by atoms with Crippen molar-refractivity contribution in [3.63, 3.8) is 0 Å². The van der Waals surface area contributed by atoms with Crippen LogP contribution in [-0.2, 0) is 10.8 Å². The van der Waals surface area contributed by atoms with E-state index < -0.39 is 10.8 Å². The lowest BCUT2D eigenvalue weighted by Gasteiger charge is -2.26. The molecule has 2 N–H and O–H groups in total. The van der Waals surface area contributed by atoms with Gasteiger partial charge in [0, 0.05) is 16.7 Å². The lowest BCUT2D eigenvalue weighted by atomic mass is 9.89. The molecule has 0 aromatic heterocycles. The van der Waals surface area contributed by atoms with E-state index in [1.165, 1.54) is 5.56 Å². The Morgan fingerprint density at radius 2 is 1.67 bits per heavy atom. The summed E-state index contributed by atoms with van der Waals surface area (Å²) in [6.45, 7) is 10.5. The standard InChI is InChI=1S/C15H25NOS/c1-11(2)12-6-8-13(9-7-12)18(17)10-14(16)15(3,4)5/h6-9,11,14H,10,16H2,1-5H3. The third-order valence-corrected chi connectivity index (χ3v) is 4.71. The first-order valence-electron chi connectivity index (χ1n) is 6.45. The molecule has 1 aromatic carbocycles. The average Bonchev–Trinajstić information content (AvgIpc) is 2.27. The van der Waals surface area contributed by atoms with Crippen LogP contribution in [-0.4, -0.2) is 16.0 Å². The van der Waals surface area contributed by atoms with Gasteiger partial charge in [0.1, 0.15) is 0 Å². The van der Waals surface area contributed by atoms with Crippen LogP contribution in [0.15, 0.2) is 29.2 Å². The molecule has 0 fully saturated rings. The number of hydrogen-bond donors (Lipinski definition) is 1. The smallest absolute Gasteiger partial charge is 0.0545 e. The summed E-state index contributed by atoms with van der Waals surface area (Å²) in [5.74, 6) is 1.02. The third-order valence-electron chi connectivity index (χ3n) is 3.25. The van der Waals surface area contributed by atoms with Gasteiger partial charge in [-0.05, 0) is 29.0 Å². The first-order chi connectivity index (χ1) is 8.21. The van der Waals surface area contributed by atoms with Gasteiger partial charge < -0.3 is 5.73 Å². The van der Waals surface area contributed by atoms with Gasteiger partial charge in [-0.15, -0.1) is 0 Å². The minimum Gasteiger partial charge on any atom is -0.326 e. The highest BCUT2D eigenvalue weighted by atomic mass is 32.2. The van der Waals surface area contributed by atoms with E-state index in [4.69, 9.17) is 5.73 Å². The van der Waals surface area contributed by atoms with Crippen LogP contribution in [0.2, 0.25) is 0 Å². The highest BCUT2D eigenvalue weighted by Crippen LogP contribution is 2.21. The van der Waals surface area contributed by atoms with E-state index in [0.29, 0.717) is 11.7 Å². The molecule has 0 bridgehead atoms. The van der Waals surface area contributed by atoms with Gasteiger partial charge in [0.05, 0.1) is 10.8 Å². The lowest BCUT2D eigenvalue weighted by molar-refractivity contribution is 0.342. The molecule has 2 nitrogen and oxygen atoms in total. The monoisotopic (exact) mass is 267 g/mol. The number of nitrogens with two attached hydrogens (primary N) is 1. The van der Waals surface area contributed by atoms with Crippen LogP contribution in [0.25, 0.3) is 0 Å². The van der Waals surface area contributed by atoms with Crippen LogP contribution in [0, 0.1) is 5.41 Å². The summed E-state index contributed by atoms with van der Waals surface area (Å²) in [5, 5.41) is 0. The van der Waals surface area contributed by atoms with Crippen molar-refractivity contribution >= 4 is 10.8 Å². The highest BCUT2D eigenvalue weighted by Gasteiger charge is 2.23. The van der Waals surface area contributed by atoms with Gasteiger partial charge in [0.15, 0.2) is 0 Å². The second-order valence-corrected chi connectivity index (χ2v) is 7.70. The van der Waals surface area contributed by atoms with Gasteiger partial charge in [0.25, 0.3) is 0 Å². The summed E-state index contributed by atoms with van der Waals surface area (Å²) >= 11 is 0. The van der Waals surface area contributed by atoms with Crippen LogP contribution < -0.4 is 5.73 Å². The molecule has 0 aliphatic heterocycles. The molecule has 0 spiro atoms. The fourth-order valence-corrected chi connectivity index (χ4v) is 2.97. The number of benzene rings is 1. The van der Waals surface area contributed by atoms with Crippen LogP contribution >= 0.6 is 0 Å². The molecule has 1 rings (SSSR count). The van der Waals surface area contributed by atoms with Crippen molar-refractivity contribution < 1.29 is 4.21 Å². The minimum absolute atomic E-state index is 0.00642. The van der Waals surface area contributed by atoms with E-state index in [2.05, 4.69) is 46.8 Å². The Morgan fingerprint density at radius 3 is 2.06 bits per heavy atom. The van der Waals surface area contributed by atoms with E-state index in [0.717, 1.165) is 4.90 Å². The highest BCUT2D eigenvalue weighted by molar-refractivity contribution is 7.85. The molecule has 3 heteroatoms. The van der Waals surface area contributed by atoms with Gasteiger partial charge in [-0.3, -0.25) is 4.21 Å². The Kier molecular flexibility index (Phi) is 5.11.